The van der Waals surface area contributed by atoms with Crippen molar-refractivity contribution in [2.75, 3.05) is 6.54 Å². The van der Waals surface area contributed by atoms with E-state index in [4.69, 9.17) is 0 Å². The average molecular weight is 357 g/mol. The largest absolute Gasteiger partial charge is 0.508 e. The highest BCUT2D eigenvalue weighted by Gasteiger charge is 2.57. The molecular weight excluding hydrogens is 326 g/mol. The van der Waals surface area contributed by atoms with Crippen LogP contribution >= 0.6 is 0 Å². The number of rotatable bonds is 3. The van der Waals surface area contributed by atoms with Crippen LogP contribution in [0.2, 0.25) is 0 Å². The SMILES string of the molecule is CCNC(=O)C[C@H]1C[C@]2(C)C(O)CC[C@H]2[C@@H]2CCc3cc(O)ccc3[C@@H]12. The molecule has 1 aromatic rings. The highest BCUT2D eigenvalue weighted by atomic mass is 16.3. The summed E-state index contributed by atoms with van der Waals surface area (Å²) in [4.78, 5) is 12.4. The molecule has 6 atom stereocenters. The molecule has 1 amide bonds. The standard InChI is InChI=1S/C22H31NO3/c1-3-23-20(26)11-14-12-22(2)18(8-9-19(22)25)17-6-4-13-10-15(24)5-7-16(13)21(14)17/h5,7,10,14,17-19,21,24-25H,3-4,6,8-9,11-12H2,1-2H3,(H,23,26)/t14-,17-,18-,19?,21+,22-/m0/s1. The minimum Gasteiger partial charge on any atom is -0.508 e. The quantitative estimate of drug-likeness (QED) is 0.777. The Bertz CT molecular complexity index is 703. The van der Waals surface area contributed by atoms with Crippen molar-refractivity contribution in [3.8, 4) is 5.75 Å². The summed E-state index contributed by atoms with van der Waals surface area (Å²) >= 11 is 0. The van der Waals surface area contributed by atoms with E-state index in [-0.39, 0.29) is 23.3 Å². The molecule has 3 aliphatic carbocycles. The number of aliphatic hydroxyl groups is 1. The fourth-order valence-corrected chi connectivity index (χ4v) is 6.55. The van der Waals surface area contributed by atoms with Gasteiger partial charge in [0.2, 0.25) is 5.91 Å². The Balaban J connectivity index is 1.73. The molecule has 0 aromatic heterocycles. The monoisotopic (exact) mass is 357 g/mol. The Hall–Kier alpha value is -1.55. The van der Waals surface area contributed by atoms with Gasteiger partial charge in [-0.1, -0.05) is 13.0 Å². The van der Waals surface area contributed by atoms with E-state index in [0.29, 0.717) is 36.5 Å². The minimum absolute atomic E-state index is 0.0627. The van der Waals surface area contributed by atoms with Crippen LogP contribution in [0.5, 0.6) is 5.75 Å². The molecule has 2 fully saturated rings. The molecule has 0 radical (unpaired) electrons. The van der Waals surface area contributed by atoms with E-state index in [2.05, 4.69) is 18.3 Å². The van der Waals surface area contributed by atoms with E-state index in [1.54, 1.807) is 6.07 Å². The summed E-state index contributed by atoms with van der Waals surface area (Å²) < 4.78 is 0. The lowest BCUT2D eigenvalue weighted by molar-refractivity contribution is -0.124. The minimum atomic E-state index is -0.244. The molecule has 4 rings (SSSR count). The Morgan fingerprint density at radius 2 is 2.12 bits per heavy atom. The number of amides is 1. The van der Waals surface area contributed by atoms with Gasteiger partial charge in [0.05, 0.1) is 6.10 Å². The van der Waals surface area contributed by atoms with Gasteiger partial charge in [0.25, 0.3) is 0 Å². The van der Waals surface area contributed by atoms with Gasteiger partial charge in [0.15, 0.2) is 0 Å². The highest BCUT2D eigenvalue weighted by Crippen LogP contribution is 2.63. The van der Waals surface area contributed by atoms with Crippen LogP contribution in [0.3, 0.4) is 0 Å². The predicted molar refractivity (Wildman–Crippen MR) is 101 cm³/mol. The van der Waals surface area contributed by atoms with E-state index in [1.165, 1.54) is 11.1 Å². The summed E-state index contributed by atoms with van der Waals surface area (Å²) in [7, 11) is 0. The van der Waals surface area contributed by atoms with Crippen LogP contribution in [-0.2, 0) is 11.2 Å². The number of phenolic OH excluding ortho intramolecular Hbond substituents is 1. The number of aliphatic hydroxyl groups excluding tert-OH is 1. The summed E-state index contributed by atoms with van der Waals surface area (Å²) in [6, 6.07) is 5.79. The number of aryl methyl sites for hydroxylation is 1. The topological polar surface area (TPSA) is 69.6 Å². The maximum absolute atomic E-state index is 12.4. The number of hydrogen-bond acceptors (Lipinski definition) is 3. The molecule has 0 saturated heterocycles. The van der Waals surface area contributed by atoms with Crippen LogP contribution < -0.4 is 5.32 Å². The number of phenols is 1. The van der Waals surface area contributed by atoms with Gasteiger partial charge in [0.1, 0.15) is 5.75 Å². The summed E-state index contributed by atoms with van der Waals surface area (Å²) in [5.74, 6) is 2.14. The molecular formula is C22H31NO3. The second kappa shape index (κ2) is 6.56. The van der Waals surface area contributed by atoms with Crippen molar-refractivity contribution in [1.82, 2.24) is 5.32 Å². The van der Waals surface area contributed by atoms with E-state index in [0.717, 1.165) is 32.1 Å². The van der Waals surface area contributed by atoms with Crippen LogP contribution in [0.4, 0.5) is 0 Å². The fourth-order valence-electron chi connectivity index (χ4n) is 6.55. The van der Waals surface area contributed by atoms with E-state index >= 15 is 0 Å². The maximum Gasteiger partial charge on any atom is 0.220 e. The lowest BCUT2D eigenvalue weighted by Crippen LogP contribution is -2.48. The Morgan fingerprint density at radius 1 is 1.31 bits per heavy atom. The second-order valence-corrected chi connectivity index (χ2v) is 8.94. The summed E-state index contributed by atoms with van der Waals surface area (Å²) in [5, 5.41) is 23.6. The molecule has 0 spiro atoms. The van der Waals surface area contributed by atoms with Crippen molar-refractivity contribution in [3.05, 3.63) is 29.3 Å². The van der Waals surface area contributed by atoms with E-state index < -0.39 is 0 Å². The number of fused-ring (bicyclic) bond motifs is 5. The molecule has 4 nitrogen and oxygen atoms in total. The first kappa shape index (κ1) is 17.8. The lowest BCUT2D eigenvalue weighted by Gasteiger charge is -2.53. The molecule has 1 aromatic carbocycles. The first-order valence-electron chi connectivity index (χ1n) is 10.2. The van der Waals surface area contributed by atoms with Crippen molar-refractivity contribution >= 4 is 5.91 Å². The molecule has 2 saturated carbocycles. The lowest BCUT2D eigenvalue weighted by atomic mass is 9.51. The van der Waals surface area contributed by atoms with Crippen molar-refractivity contribution in [3.63, 3.8) is 0 Å². The van der Waals surface area contributed by atoms with Crippen molar-refractivity contribution < 1.29 is 15.0 Å². The van der Waals surface area contributed by atoms with Gasteiger partial charge in [-0.25, -0.2) is 0 Å². The molecule has 4 heteroatoms. The molecule has 3 aliphatic rings. The smallest absolute Gasteiger partial charge is 0.220 e. The first-order chi connectivity index (χ1) is 12.4. The van der Waals surface area contributed by atoms with Crippen LogP contribution in [0, 0.1) is 23.2 Å². The van der Waals surface area contributed by atoms with Crippen LogP contribution in [0.15, 0.2) is 18.2 Å². The van der Waals surface area contributed by atoms with Crippen molar-refractivity contribution in [2.24, 2.45) is 23.2 Å². The third-order valence-corrected chi connectivity index (χ3v) is 7.60. The third kappa shape index (κ3) is 2.74. The number of hydrogen-bond donors (Lipinski definition) is 3. The average Bonchev–Trinajstić information content (AvgIpc) is 2.89. The Morgan fingerprint density at radius 3 is 2.88 bits per heavy atom. The van der Waals surface area contributed by atoms with E-state index in [9.17, 15) is 15.0 Å². The third-order valence-electron chi connectivity index (χ3n) is 7.60. The van der Waals surface area contributed by atoms with Gasteiger partial charge in [-0.15, -0.1) is 0 Å². The summed E-state index contributed by atoms with van der Waals surface area (Å²) in [6.45, 7) is 4.87. The normalized spacial score (nSPS) is 38.2. The van der Waals surface area contributed by atoms with Crippen LogP contribution in [0.1, 0.15) is 63.0 Å². The second-order valence-electron chi connectivity index (χ2n) is 8.94. The van der Waals surface area contributed by atoms with Crippen LogP contribution in [0.25, 0.3) is 0 Å². The van der Waals surface area contributed by atoms with Gasteiger partial charge in [-0.05, 0) is 91.4 Å². The van der Waals surface area contributed by atoms with Gasteiger partial charge >= 0.3 is 0 Å². The zero-order valence-corrected chi connectivity index (χ0v) is 15.9. The number of nitrogens with one attached hydrogen (secondary N) is 1. The molecule has 0 bridgehead atoms. The van der Waals surface area contributed by atoms with Crippen molar-refractivity contribution in [2.45, 2.75) is 64.4 Å². The number of carbonyl (C=O) groups excluding carboxylic acids is 1. The summed E-state index contributed by atoms with van der Waals surface area (Å²) in [5.41, 5.74) is 2.51. The number of aromatic hydroxyl groups is 1. The molecule has 0 heterocycles. The zero-order chi connectivity index (χ0) is 18.5. The predicted octanol–water partition coefficient (Wildman–Crippen LogP) is 3.36. The Labute approximate surface area is 156 Å². The maximum atomic E-state index is 12.4. The molecule has 26 heavy (non-hydrogen) atoms. The van der Waals surface area contributed by atoms with Crippen molar-refractivity contribution in [1.29, 1.82) is 0 Å². The molecule has 3 N–H and O–H groups in total. The number of benzene rings is 1. The number of carbonyl (C=O) groups is 1. The first-order valence-corrected chi connectivity index (χ1v) is 10.2. The summed E-state index contributed by atoms with van der Waals surface area (Å²) in [6.07, 6.45) is 5.27. The van der Waals surface area contributed by atoms with Gasteiger partial charge in [0, 0.05) is 13.0 Å². The molecule has 142 valence electrons. The van der Waals surface area contributed by atoms with Gasteiger partial charge in [-0.3, -0.25) is 4.79 Å². The Kier molecular flexibility index (Phi) is 4.50. The van der Waals surface area contributed by atoms with Gasteiger partial charge < -0.3 is 15.5 Å². The van der Waals surface area contributed by atoms with Crippen LogP contribution in [-0.4, -0.2) is 28.8 Å². The van der Waals surface area contributed by atoms with Gasteiger partial charge in [-0.2, -0.15) is 0 Å². The molecule has 0 aliphatic heterocycles. The van der Waals surface area contributed by atoms with E-state index in [1.807, 2.05) is 13.0 Å². The fraction of sp³-hybridized carbons (Fsp3) is 0.682. The zero-order valence-electron chi connectivity index (χ0n) is 15.9. The highest BCUT2D eigenvalue weighted by molar-refractivity contribution is 5.76. The molecule has 1 unspecified atom stereocenters.